The van der Waals surface area contributed by atoms with E-state index in [2.05, 4.69) is 4.98 Å². The first-order valence-corrected chi connectivity index (χ1v) is 12.7. The first-order chi connectivity index (χ1) is 17.7. The Hall–Kier alpha value is -3.59. The molecule has 1 atom stereocenters. The zero-order valence-electron chi connectivity index (χ0n) is 19.9. The summed E-state index contributed by atoms with van der Waals surface area (Å²) in [4.78, 5) is 32.9. The van der Waals surface area contributed by atoms with E-state index in [1.54, 1.807) is 25.3 Å². The van der Waals surface area contributed by atoms with Crippen molar-refractivity contribution in [2.45, 2.75) is 13.0 Å². The number of Topliss-reactive ketones (excluding diaryl/α,β-unsaturated/α-hetero) is 1. The molecule has 10 heteroatoms. The molecule has 1 aromatic heterocycles. The van der Waals surface area contributed by atoms with E-state index in [9.17, 15) is 14.7 Å². The summed E-state index contributed by atoms with van der Waals surface area (Å²) in [5.74, 6) is -1.35. The fourth-order valence-corrected chi connectivity index (χ4v) is 5.99. The molecule has 1 unspecified atom stereocenters. The maximum Gasteiger partial charge on any atom is 0.301 e. The zero-order valence-corrected chi connectivity index (χ0v) is 22.2. The molecule has 1 fully saturated rings. The summed E-state index contributed by atoms with van der Waals surface area (Å²) >= 11 is 13.7. The van der Waals surface area contributed by atoms with Crippen molar-refractivity contribution in [2.24, 2.45) is 0 Å². The van der Waals surface area contributed by atoms with Gasteiger partial charge in [-0.1, -0.05) is 64.4 Å². The Bertz CT molecular complexity index is 1610. The lowest BCUT2D eigenvalue weighted by Gasteiger charge is -2.23. The van der Waals surface area contributed by atoms with Crippen molar-refractivity contribution in [3.8, 4) is 11.5 Å². The highest BCUT2D eigenvalue weighted by Gasteiger charge is 2.48. The topological polar surface area (TPSA) is 89.0 Å². The van der Waals surface area contributed by atoms with Crippen molar-refractivity contribution in [1.29, 1.82) is 0 Å². The van der Waals surface area contributed by atoms with Crippen molar-refractivity contribution in [1.82, 2.24) is 4.98 Å². The maximum atomic E-state index is 13.5. The monoisotopic (exact) mass is 554 g/mol. The van der Waals surface area contributed by atoms with Crippen LogP contribution in [-0.4, -0.2) is 36.0 Å². The number of aryl methyl sites for hydroxylation is 1. The van der Waals surface area contributed by atoms with Gasteiger partial charge in [-0.3, -0.25) is 14.5 Å². The van der Waals surface area contributed by atoms with Crippen LogP contribution >= 0.6 is 34.5 Å². The van der Waals surface area contributed by atoms with Gasteiger partial charge in [-0.25, -0.2) is 4.98 Å². The van der Waals surface area contributed by atoms with Crippen LogP contribution in [0.15, 0.2) is 60.2 Å². The summed E-state index contributed by atoms with van der Waals surface area (Å²) in [5.41, 5.74) is 2.17. The molecular weight excluding hydrogens is 535 g/mol. The molecular formula is C27H20Cl2N2O5S. The number of rotatable bonds is 5. The molecule has 0 aliphatic carbocycles. The number of benzene rings is 3. The van der Waals surface area contributed by atoms with Gasteiger partial charge in [0, 0.05) is 5.02 Å². The number of halogens is 2. The Morgan fingerprint density at radius 2 is 1.84 bits per heavy atom. The number of anilines is 1. The molecule has 0 saturated carbocycles. The van der Waals surface area contributed by atoms with Gasteiger partial charge >= 0.3 is 5.91 Å². The predicted molar refractivity (Wildman–Crippen MR) is 145 cm³/mol. The Labute approximate surface area is 226 Å². The van der Waals surface area contributed by atoms with Crippen LogP contribution in [0, 0.1) is 6.92 Å². The van der Waals surface area contributed by atoms with E-state index in [1.165, 1.54) is 35.5 Å². The zero-order chi connectivity index (χ0) is 26.4. The molecule has 1 aliphatic heterocycles. The number of aromatic nitrogens is 1. The molecule has 0 bridgehead atoms. The fourth-order valence-electron chi connectivity index (χ4n) is 4.40. The Kier molecular flexibility index (Phi) is 6.58. The third kappa shape index (κ3) is 4.31. The van der Waals surface area contributed by atoms with E-state index in [-0.39, 0.29) is 26.9 Å². The largest absolute Gasteiger partial charge is 0.507 e. The molecule has 7 nitrogen and oxygen atoms in total. The SMILES string of the molecule is COc1ccc2nc(N3C(=O)C(=O)/C(=C(/O)c4cc(Cl)cc(Cl)c4OC)C3c3cccc(C)c3)sc2c1. The summed E-state index contributed by atoms with van der Waals surface area (Å²) in [6.07, 6.45) is 0. The number of hydrogen-bond acceptors (Lipinski definition) is 7. The highest BCUT2D eigenvalue weighted by Crippen LogP contribution is 2.46. The molecule has 1 aliphatic rings. The molecule has 3 aromatic carbocycles. The van der Waals surface area contributed by atoms with Gasteiger partial charge < -0.3 is 14.6 Å². The number of methoxy groups -OCH3 is 2. The van der Waals surface area contributed by atoms with Crippen LogP contribution in [0.3, 0.4) is 0 Å². The quantitative estimate of drug-likeness (QED) is 0.171. The summed E-state index contributed by atoms with van der Waals surface area (Å²) in [7, 11) is 2.95. The van der Waals surface area contributed by atoms with Crippen molar-refractivity contribution in [2.75, 3.05) is 19.1 Å². The number of carbonyl (C=O) groups excluding carboxylic acids is 2. The molecule has 37 heavy (non-hydrogen) atoms. The normalized spacial score (nSPS) is 17.0. The van der Waals surface area contributed by atoms with Crippen LogP contribution in [0.4, 0.5) is 5.13 Å². The lowest BCUT2D eigenvalue weighted by molar-refractivity contribution is -0.132. The number of hydrogen-bond donors (Lipinski definition) is 1. The van der Waals surface area contributed by atoms with E-state index in [4.69, 9.17) is 32.7 Å². The Balaban J connectivity index is 1.77. The molecule has 0 spiro atoms. The average molecular weight is 555 g/mol. The average Bonchev–Trinajstić information content (AvgIpc) is 3.40. The molecule has 1 N–H and O–H groups in total. The molecule has 188 valence electrons. The standard InChI is InChI=1S/C27H20Cl2N2O5S/c1-13-5-4-6-14(9-13)22-21(23(32)17-10-15(28)11-18(29)25(17)36-3)24(33)26(34)31(22)27-30-19-8-7-16(35-2)12-20(19)37-27/h4-12,22,32H,1-3H3/b23-21+. The first-order valence-electron chi connectivity index (χ1n) is 11.1. The van der Waals surface area contributed by atoms with Gasteiger partial charge in [-0.15, -0.1) is 0 Å². The molecule has 5 rings (SSSR count). The summed E-state index contributed by atoms with van der Waals surface area (Å²) in [5, 5.41) is 12.2. The van der Waals surface area contributed by atoms with Crippen molar-refractivity contribution in [3.63, 3.8) is 0 Å². The first kappa shape index (κ1) is 25.1. The van der Waals surface area contributed by atoms with Gasteiger partial charge in [0.2, 0.25) is 0 Å². The number of ether oxygens (including phenoxy) is 2. The third-order valence-corrected chi connectivity index (χ3v) is 7.58. The number of fused-ring (bicyclic) bond motifs is 1. The second-order valence-corrected chi connectivity index (χ2v) is 10.2. The fraction of sp³-hybridized carbons (Fsp3) is 0.148. The van der Waals surface area contributed by atoms with E-state index in [1.807, 2.05) is 31.2 Å². The van der Waals surface area contributed by atoms with Crippen molar-refractivity contribution in [3.05, 3.63) is 86.9 Å². The number of aliphatic hydroxyl groups excluding tert-OH is 1. The van der Waals surface area contributed by atoms with E-state index < -0.39 is 23.5 Å². The molecule has 2 heterocycles. The maximum absolute atomic E-state index is 13.5. The van der Waals surface area contributed by atoms with Crippen LogP contribution in [0.1, 0.15) is 22.7 Å². The number of amides is 1. The molecule has 1 saturated heterocycles. The minimum absolute atomic E-state index is 0.102. The van der Waals surface area contributed by atoms with E-state index in [0.717, 1.165) is 10.3 Å². The lowest BCUT2D eigenvalue weighted by Crippen LogP contribution is -2.29. The summed E-state index contributed by atoms with van der Waals surface area (Å²) in [6, 6.07) is 14.7. The van der Waals surface area contributed by atoms with Gasteiger partial charge in [-0.2, -0.15) is 0 Å². The van der Waals surface area contributed by atoms with Crippen LogP contribution in [0.25, 0.3) is 16.0 Å². The van der Waals surface area contributed by atoms with Crippen LogP contribution < -0.4 is 14.4 Å². The van der Waals surface area contributed by atoms with Crippen LogP contribution in [-0.2, 0) is 9.59 Å². The van der Waals surface area contributed by atoms with Crippen LogP contribution in [0.2, 0.25) is 10.0 Å². The number of thiazole rings is 1. The predicted octanol–water partition coefficient (Wildman–Crippen LogP) is 6.56. The number of nitrogens with zero attached hydrogens (tertiary/aromatic N) is 2. The second-order valence-electron chi connectivity index (χ2n) is 8.38. The Morgan fingerprint density at radius 3 is 2.54 bits per heavy atom. The highest BCUT2D eigenvalue weighted by molar-refractivity contribution is 7.22. The summed E-state index contributed by atoms with van der Waals surface area (Å²) in [6.45, 7) is 1.90. The summed E-state index contributed by atoms with van der Waals surface area (Å²) < 4.78 is 11.5. The second kappa shape index (κ2) is 9.70. The lowest BCUT2D eigenvalue weighted by atomic mass is 9.94. The third-order valence-electron chi connectivity index (χ3n) is 6.06. The van der Waals surface area contributed by atoms with Gasteiger partial charge in [0.05, 0.1) is 46.6 Å². The smallest absolute Gasteiger partial charge is 0.301 e. The highest BCUT2D eigenvalue weighted by atomic mass is 35.5. The van der Waals surface area contributed by atoms with Gasteiger partial charge in [0.25, 0.3) is 5.78 Å². The van der Waals surface area contributed by atoms with Crippen molar-refractivity contribution >= 4 is 67.3 Å². The van der Waals surface area contributed by atoms with Crippen LogP contribution in [0.5, 0.6) is 11.5 Å². The number of carbonyl (C=O) groups is 2. The minimum atomic E-state index is -0.954. The molecule has 1 amide bonds. The molecule has 0 radical (unpaired) electrons. The van der Waals surface area contributed by atoms with Gasteiger partial charge in [0.15, 0.2) is 5.13 Å². The minimum Gasteiger partial charge on any atom is -0.507 e. The van der Waals surface area contributed by atoms with E-state index in [0.29, 0.717) is 22.0 Å². The Morgan fingerprint density at radius 1 is 1.05 bits per heavy atom. The number of aliphatic hydroxyl groups is 1. The van der Waals surface area contributed by atoms with E-state index >= 15 is 0 Å². The van der Waals surface area contributed by atoms with Gasteiger partial charge in [-0.05, 0) is 42.8 Å². The van der Waals surface area contributed by atoms with Gasteiger partial charge in [0.1, 0.15) is 17.3 Å². The number of ketones is 1. The van der Waals surface area contributed by atoms with Crippen molar-refractivity contribution < 1.29 is 24.2 Å². The molecule has 4 aromatic rings.